The lowest BCUT2D eigenvalue weighted by Crippen LogP contribution is -2.36. The third kappa shape index (κ3) is 3.60. The number of rotatable bonds is 5. The second-order valence-electron chi connectivity index (χ2n) is 6.55. The molecular weight excluding hydrogens is 328 g/mol. The second kappa shape index (κ2) is 7.38. The van der Waals surface area contributed by atoms with Crippen molar-refractivity contribution in [3.05, 3.63) is 70.4 Å². The summed E-state index contributed by atoms with van der Waals surface area (Å²) in [4.78, 5) is 16.5. The Morgan fingerprint density at radius 1 is 1.04 bits per heavy atom. The molecule has 128 valence electrons. The smallest absolute Gasteiger partial charge is 0.251 e. The SMILES string of the molecule is O=C(NCC(c1cccs1)N1CCCC1)c1ccc2ccccc2c1. The fraction of sp³-hybridized carbons (Fsp3) is 0.286. The summed E-state index contributed by atoms with van der Waals surface area (Å²) in [5.74, 6) is 0.00602. The fourth-order valence-corrected chi connectivity index (χ4v) is 4.43. The standard InChI is InChI=1S/C21H22N2OS/c24-21(18-10-9-16-6-1-2-7-17(16)14-18)22-15-19(20-8-5-13-25-20)23-11-3-4-12-23/h1-2,5-10,13-14,19H,3-4,11-12,15H2,(H,22,24). The molecule has 1 amide bonds. The zero-order valence-electron chi connectivity index (χ0n) is 14.2. The summed E-state index contributed by atoms with van der Waals surface area (Å²) in [5, 5.41) is 7.53. The minimum absolute atomic E-state index is 0.00602. The van der Waals surface area contributed by atoms with Crippen LogP contribution in [0.3, 0.4) is 0 Å². The third-order valence-electron chi connectivity index (χ3n) is 4.92. The van der Waals surface area contributed by atoms with E-state index in [0.717, 1.165) is 29.4 Å². The number of carbonyl (C=O) groups excluding carboxylic acids is 1. The van der Waals surface area contributed by atoms with Crippen molar-refractivity contribution in [3.8, 4) is 0 Å². The Hall–Kier alpha value is -2.17. The molecule has 1 atom stereocenters. The first-order valence-corrected chi connectivity index (χ1v) is 9.74. The highest BCUT2D eigenvalue weighted by molar-refractivity contribution is 7.10. The van der Waals surface area contributed by atoms with Crippen LogP contribution in [0.4, 0.5) is 0 Å². The lowest BCUT2D eigenvalue weighted by molar-refractivity contribution is 0.0938. The maximum atomic E-state index is 12.7. The van der Waals surface area contributed by atoms with Crippen LogP contribution in [0, 0.1) is 0 Å². The molecule has 2 aromatic carbocycles. The van der Waals surface area contributed by atoms with Crippen molar-refractivity contribution in [2.75, 3.05) is 19.6 Å². The summed E-state index contributed by atoms with van der Waals surface area (Å²) in [6.45, 7) is 2.90. The van der Waals surface area contributed by atoms with Crippen LogP contribution in [0.25, 0.3) is 10.8 Å². The number of thiophene rings is 1. The molecule has 1 aliphatic heterocycles. The molecule has 0 saturated carbocycles. The molecule has 0 spiro atoms. The number of benzene rings is 2. The number of fused-ring (bicyclic) bond motifs is 1. The van der Waals surface area contributed by atoms with E-state index in [-0.39, 0.29) is 11.9 Å². The predicted octanol–water partition coefficient (Wildman–Crippen LogP) is 4.47. The molecule has 1 aliphatic rings. The molecule has 1 fully saturated rings. The Labute approximate surface area is 152 Å². The van der Waals surface area contributed by atoms with Crippen molar-refractivity contribution in [3.63, 3.8) is 0 Å². The fourth-order valence-electron chi connectivity index (χ4n) is 3.57. The highest BCUT2D eigenvalue weighted by Crippen LogP contribution is 2.28. The van der Waals surface area contributed by atoms with E-state index < -0.39 is 0 Å². The van der Waals surface area contributed by atoms with Crippen molar-refractivity contribution in [1.29, 1.82) is 0 Å². The van der Waals surface area contributed by atoms with Gasteiger partial charge in [-0.05, 0) is 60.3 Å². The van der Waals surface area contributed by atoms with Gasteiger partial charge in [0.15, 0.2) is 0 Å². The molecule has 1 N–H and O–H groups in total. The van der Waals surface area contributed by atoms with Crippen LogP contribution in [-0.2, 0) is 0 Å². The molecule has 0 bridgehead atoms. The van der Waals surface area contributed by atoms with E-state index in [4.69, 9.17) is 0 Å². The number of nitrogens with one attached hydrogen (secondary N) is 1. The van der Waals surface area contributed by atoms with E-state index in [1.807, 2.05) is 36.4 Å². The van der Waals surface area contributed by atoms with Crippen LogP contribution < -0.4 is 5.32 Å². The minimum Gasteiger partial charge on any atom is -0.350 e. The second-order valence-corrected chi connectivity index (χ2v) is 7.53. The summed E-state index contributed by atoms with van der Waals surface area (Å²) in [7, 11) is 0. The summed E-state index contributed by atoms with van der Waals surface area (Å²) in [5.41, 5.74) is 0.727. The normalized spacial score (nSPS) is 16.2. The molecule has 3 nitrogen and oxygen atoms in total. The van der Waals surface area contributed by atoms with E-state index in [9.17, 15) is 4.79 Å². The van der Waals surface area contributed by atoms with Gasteiger partial charge in [0.25, 0.3) is 5.91 Å². The summed E-state index contributed by atoms with van der Waals surface area (Å²) < 4.78 is 0. The van der Waals surface area contributed by atoms with E-state index >= 15 is 0 Å². The Morgan fingerprint density at radius 2 is 1.84 bits per heavy atom. The first kappa shape index (κ1) is 16.3. The lowest BCUT2D eigenvalue weighted by Gasteiger charge is -2.27. The molecule has 4 heteroatoms. The maximum Gasteiger partial charge on any atom is 0.251 e. The van der Waals surface area contributed by atoms with Gasteiger partial charge >= 0.3 is 0 Å². The largest absolute Gasteiger partial charge is 0.350 e. The monoisotopic (exact) mass is 350 g/mol. The topological polar surface area (TPSA) is 32.3 Å². The quantitative estimate of drug-likeness (QED) is 0.736. The van der Waals surface area contributed by atoms with Crippen LogP contribution in [0.2, 0.25) is 0 Å². The Morgan fingerprint density at radius 3 is 2.60 bits per heavy atom. The number of nitrogens with zero attached hydrogens (tertiary/aromatic N) is 1. The molecule has 25 heavy (non-hydrogen) atoms. The van der Waals surface area contributed by atoms with Gasteiger partial charge in [-0.15, -0.1) is 11.3 Å². The minimum atomic E-state index is 0.00602. The molecule has 4 rings (SSSR count). The predicted molar refractivity (Wildman–Crippen MR) is 104 cm³/mol. The lowest BCUT2D eigenvalue weighted by atomic mass is 10.1. The van der Waals surface area contributed by atoms with Crippen molar-refractivity contribution < 1.29 is 4.79 Å². The zero-order chi connectivity index (χ0) is 17.1. The number of hydrogen-bond donors (Lipinski definition) is 1. The first-order valence-electron chi connectivity index (χ1n) is 8.86. The van der Waals surface area contributed by atoms with Gasteiger partial charge in [0.05, 0.1) is 6.04 Å². The first-order chi connectivity index (χ1) is 12.3. The summed E-state index contributed by atoms with van der Waals surface area (Å²) in [6, 6.07) is 18.6. The zero-order valence-corrected chi connectivity index (χ0v) is 15.0. The number of hydrogen-bond acceptors (Lipinski definition) is 3. The molecule has 0 radical (unpaired) electrons. The van der Waals surface area contributed by atoms with Crippen molar-refractivity contribution >= 4 is 28.0 Å². The summed E-state index contributed by atoms with van der Waals surface area (Å²) >= 11 is 1.77. The Balaban J connectivity index is 1.48. The number of carbonyl (C=O) groups is 1. The van der Waals surface area contributed by atoms with Crippen LogP contribution in [0.5, 0.6) is 0 Å². The van der Waals surface area contributed by atoms with Gasteiger partial charge in [-0.25, -0.2) is 0 Å². The Bertz CT molecular complexity index is 853. The van der Waals surface area contributed by atoms with Crippen LogP contribution >= 0.6 is 11.3 Å². The van der Waals surface area contributed by atoms with Crippen LogP contribution in [0.1, 0.15) is 34.1 Å². The summed E-state index contributed by atoms with van der Waals surface area (Å²) in [6.07, 6.45) is 2.50. The van der Waals surface area contributed by atoms with E-state index in [2.05, 4.69) is 33.8 Å². The van der Waals surface area contributed by atoms with Gasteiger partial charge in [0.1, 0.15) is 0 Å². The van der Waals surface area contributed by atoms with Crippen molar-refractivity contribution in [2.45, 2.75) is 18.9 Å². The molecule has 1 aromatic heterocycles. The van der Waals surface area contributed by atoms with Crippen LogP contribution in [0.15, 0.2) is 60.0 Å². The van der Waals surface area contributed by atoms with E-state index in [1.54, 1.807) is 11.3 Å². The molecule has 1 unspecified atom stereocenters. The number of amides is 1. The molecule has 2 heterocycles. The molecule has 1 saturated heterocycles. The van der Waals surface area contributed by atoms with Gasteiger partial charge < -0.3 is 5.32 Å². The molecular formula is C21H22N2OS. The van der Waals surface area contributed by atoms with Gasteiger partial charge in [-0.1, -0.05) is 36.4 Å². The highest BCUT2D eigenvalue weighted by Gasteiger charge is 2.24. The van der Waals surface area contributed by atoms with Gasteiger partial charge in [-0.2, -0.15) is 0 Å². The third-order valence-corrected chi connectivity index (χ3v) is 5.89. The Kier molecular flexibility index (Phi) is 4.81. The van der Waals surface area contributed by atoms with E-state index in [0.29, 0.717) is 6.54 Å². The van der Waals surface area contributed by atoms with Gasteiger partial charge in [0.2, 0.25) is 0 Å². The van der Waals surface area contributed by atoms with Gasteiger partial charge in [-0.3, -0.25) is 9.69 Å². The van der Waals surface area contributed by atoms with E-state index in [1.165, 1.54) is 17.7 Å². The van der Waals surface area contributed by atoms with Crippen LogP contribution in [-0.4, -0.2) is 30.4 Å². The highest BCUT2D eigenvalue weighted by atomic mass is 32.1. The average Bonchev–Trinajstić information content (AvgIpc) is 3.36. The molecule has 3 aromatic rings. The molecule has 0 aliphatic carbocycles. The number of likely N-dealkylation sites (tertiary alicyclic amines) is 1. The van der Waals surface area contributed by atoms with Crippen molar-refractivity contribution in [1.82, 2.24) is 10.2 Å². The maximum absolute atomic E-state index is 12.7. The van der Waals surface area contributed by atoms with Crippen molar-refractivity contribution in [2.24, 2.45) is 0 Å². The van der Waals surface area contributed by atoms with Gasteiger partial charge in [0, 0.05) is 17.0 Å². The average molecular weight is 350 g/mol.